The van der Waals surface area contributed by atoms with Gasteiger partial charge in [0, 0.05) is 0 Å². The predicted molar refractivity (Wildman–Crippen MR) is 91.2 cm³/mol. The van der Waals surface area contributed by atoms with Crippen LogP contribution in [0.15, 0.2) is 24.3 Å². The van der Waals surface area contributed by atoms with E-state index in [1.807, 2.05) is 58.9 Å². The van der Waals surface area contributed by atoms with Crippen LogP contribution >= 0.6 is 0 Å². The van der Waals surface area contributed by atoms with Gasteiger partial charge in [0.15, 0.2) is 0 Å². The molecule has 1 amide bonds. The van der Waals surface area contributed by atoms with E-state index in [9.17, 15) is 4.79 Å². The molecule has 0 unspecified atom stereocenters. The highest BCUT2D eigenvalue weighted by Crippen LogP contribution is 2.37. The van der Waals surface area contributed by atoms with Crippen molar-refractivity contribution in [2.24, 2.45) is 5.92 Å². The zero-order valence-corrected chi connectivity index (χ0v) is 15.3. The first kappa shape index (κ1) is 17.8. The summed E-state index contributed by atoms with van der Waals surface area (Å²) < 4.78 is 11.7. The Bertz CT molecular complexity index is 544. The molecule has 1 saturated heterocycles. The lowest BCUT2D eigenvalue weighted by Crippen LogP contribution is -2.53. The second-order valence-electron chi connectivity index (χ2n) is 7.84. The largest absolute Gasteiger partial charge is 0.441 e. The normalized spacial score (nSPS) is 20.6. The number of aryl methyl sites for hydroxylation is 1. The zero-order valence-electron chi connectivity index (χ0n) is 15.3. The fourth-order valence-electron chi connectivity index (χ4n) is 3.18. The first-order chi connectivity index (χ1) is 10.5. The van der Waals surface area contributed by atoms with Crippen LogP contribution in [0.25, 0.3) is 0 Å². The lowest BCUT2D eigenvalue weighted by Gasteiger charge is -2.38. The number of carbonyl (C=O) groups excluding carboxylic acids is 1. The zero-order chi connectivity index (χ0) is 17.4. The molecule has 1 heterocycles. The number of benzene rings is 1. The molecule has 1 aliphatic heterocycles. The van der Waals surface area contributed by atoms with Crippen LogP contribution in [-0.4, -0.2) is 28.9 Å². The van der Waals surface area contributed by atoms with Gasteiger partial charge in [-0.3, -0.25) is 4.90 Å². The molecule has 4 heteroatoms. The number of nitrogens with zero attached hydrogens (tertiary/aromatic N) is 1. The topological polar surface area (TPSA) is 38.8 Å². The molecule has 23 heavy (non-hydrogen) atoms. The van der Waals surface area contributed by atoms with E-state index in [2.05, 4.69) is 13.8 Å². The van der Waals surface area contributed by atoms with E-state index in [1.165, 1.54) is 5.56 Å². The van der Waals surface area contributed by atoms with Crippen LogP contribution in [0.1, 0.15) is 58.8 Å². The molecule has 2 rings (SSSR count). The summed E-state index contributed by atoms with van der Waals surface area (Å²) in [7, 11) is 0. The Hall–Kier alpha value is -1.55. The molecular formula is C19H29NO3. The van der Waals surface area contributed by atoms with E-state index in [4.69, 9.17) is 9.47 Å². The molecule has 0 aromatic heterocycles. The summed E-state index contributed by atoms with van der Waals surface area (Å²) in [5.74, 6) is 0.191. The van der Waals surface area contributed by atoms with Crippen LogP contribution in [0.4, 0.5) is 4.79 Å². The number of ether oxygens (including phenoxy) is 2. The second kappa shape index (κ2) is 6.16. The van der Waals surface area contributed by atoms with Crippen molar-refractivity contribution in [3.8, 4) is 0 Å². The number of rotatable bonds is 3. The molecule has 0 N–H and O–H groups in total. The summed E-state index contributed by atoms with van der Waals surface area (Å²) in [5.41, 5.74) is 1.18. The summed E-state index contributed by atoms with van der Waals surface area (Å²) >= 11 is 0. The molecule has 1 atom stereocenters. The molecule has 0 spiro atoms. The Kier molecular flexibility index (Phi) is 4.76. The maximum Gasteiger partial charge on any atom is 0.413 e. The van der Waals surface area contributed by atoms with Gasteiger partial charge in [0.1, 0.15) is 11.8 Å². The summed E-state index contributed by atoms with van der Waals surface area (Å²) in [6.07, 6.45) is -0.591. The first-order valence-corrected chi connectivity index (χ1v) is 8.26. The highest BCUT2D eigenvalue weighted by atomic mass is 16.6. The van der Waals surface area contributed by atoms with E-state index in [0.29, 0.717) is 6.61 Å². The van der Waals surface area contributed by atoms with Gasteiger partial charge in [-0.15, -0.1) is 0 Å². The summed E-state index contributed by atoms with van der Waals surface area (Å²) in [6, 6.07) is 8.16. The van der Waals surface area contributed by atoms with Gasteiger partial charge in [-0.25, -0.2) is 4.79 Å². The van der Waals surface area contributed by atoms with Crippen LogP contribution in [-0.2, 0) is 9.47 Å². The number of amides is 1. The Morgan fingerprint density at radius 2 is 1.74 bits per heavy atom. The van der Waals surface area contributed by atoms with Crippen molar-refractivity contribution < 1.29 is 14.3 Å². The standard InChI is InChI=1S/C19H29NO3/c1-13(2)16(15-10-8-14(3)9-11-15)23-17(21)20-18(4,5)12-22-19(20,6)7/h8-11,13,16H,12H2,1-7H3/t16-/m1/s1. The maximum absolute atomic E-state index is 12.9. The van der Waals surface area contributed by atoms with Gasteiger partial charge in [-0.05, 0) is 46.1 Å². The molecule has 0 saturated carbocycles. The summed E-state index contributed by atoms with van der Waals surface area (Å²) in [4.78, 5) is 14.6. The van der Waals surface area contributed by atoms with Crippen molar-refractivity contribution in [2.75, 3.05) is 6.61 Å². The van der Waals surface area contributed by atoms with Crippen LogP contribution in [0.3, 0.4) is 0 Å². The second-order valence-corrected chi connectivity index (χ2v) is 7.84. The molecule has 0 bridgehead atoms. The van der Waals surface area contributed by atoms with Crippen molar-refractivity contribution in [3.05, 3.63) is 35.4 Å². The third-order valence-corrected chi connectivity index (χ3v) is 4.34. The SMILES string of the molecule is Cc1ccc([C@H](OC(=O)N2C(C)(C)COC2(C)C)C(C)C)cc1. The van der Waals surface area contributed by atoms with E-state index in [1.54, 1.807) is 4.90 Å². The summed E-state index contributed by atoms with van der Waals surface area (Å²) in [6.45, 7) is 14.5. The van der Waals surface area contributed by atoms with Crippen molar-refractivity contribution in [1.82, 2.24) is 4.90 Å². The first-order valence-electron chi connectivity index (χ1n) is 8.26. The van der Waals surface area contributed by atoms with Gasteiger partial charge in [0.25, 0.3) is 0 Å². The maximum atomic E-state index is 12.9. The Labute approximate surface area is 139 Å². The minimum Gasteiger partial charge on any atom is -0.441 e. The van der Waals surface area contributed by atoms with Crippen LogP contribution in [0, 0.1) is 12.8 Å². The van der Waals surface area contributed by atoms with Gasteiger partial charge >= 0.3 is 6.09 Å². The van der Waals surface area contributed by atoms with Gasteiger partial charge < -0.3 is 9.47 Å². The number of carbonyl (C=O) groups is 1. The number of hydrogen-bond donors (Lipinski definition) is 0. The van der Waals surface area contributed by atoms with Gasteiger partial charge in [-0.1, -0.05) is 43.7 Å². The quantitative estimate of drug-likeness (QED) is 0.812. The third-order valence-electron chi connectivity index (χ3n) is 4.34. The molecule has 128 valence electrons. The predicted octanol–water partition coefficient (Wildman–Crippen LogP) is 4.68. The Balaban J connectivity index is 2.23. The van der Waals surface area contributed by atoms with Crippen molar-refractivity contribution in [3.63, 3.8) is 0 Å². The highest BCUT2D eigenvalue weighted by molar-refractivity contribution is 5.70. The average Bonchev–Trinajstić information content (AvgIpc) is 2.65. The smallest absolute Gasteiger partial charge is 0.413 e. The van der Waals surface area contributed by atoms with Crippen LogP contribution < -0.4 is 0 Å². The van der Waals surface area contributed by atoms with Crippen molar-refractivity contribution in [2.45, 2.75) is 65.8 Å². The van der Waals surface area contributed by atoms with Crippen LogP contribution in [0.2, 0.25) is 0 Å². The van der Waals surface area contributed by atoms with E-state index in [-0.39, 0.29) is 23.7 Å². The molecule has 0 aliphatic carbocycles. The van der Waals surface area contributed by atoms with Crippen LogP contribution in [0.5, 0.6) is 0 Å². The molecule has 1 aromatic carbocycles. The van der Waals surface area contributed by atoms with E-state index < -0.39 is 5.72 Å². The van der Waals surface area contributed by atoms with E-state index in [0.717, 1.165) is 5.56 Å². The average molecular weight is 319 g/mol. The minimum absolute atomic E-state index is 0.191. The van der Waals surface area contributed by atoms with E-state index >= 15 is 0 Å². The molecule has 1 fully saturated rings. The highest BCUT2D eigenvalue weighted by Gasteiger charge is 2.50. The van der Waals surface area contributed by atoms with Crippen molar-refractivity contribution >= 4 is 6.09 Å². The van der Waals surface area contributed by atoms with Gasteiger partial charge in [-0.2, -0.15) is 0 Å². The molecular weight excluding hydrogens is 290 g/mol. The molecule has 0 radical (unpaired) electrons. The van der Waals surface area contributed by atoms with Crippen molar-refractivity contribution in [1.29, 1.82) is 0 Å². The fraction of sp³-hybridized carbons (Fsp3) is 0.632. The Morgan fingerprint density at radius 3 is 2.17 bits per heavy atom. The number of hydrogen-bond acceptors (Lipinski definition) is 3. The minimum atomic E-state index is -0.657. The fourth-order valence-corrected chi connectivity index (χ4v) is 3.18. The lowest BCUT2D eigenvalue weighted by atomic mass is 9.98. The molecule has 1 aliphatic rings. The van der Waals surface area contributed by atoms with Gasteiger partial charge in [0.2, 0.25) is 0 Å². The van der Waals surface area contributed by atoms with Gasteiger partial charge in [0.05, 0.1) is 12.1 Å². The Morgan fingerprint density at radius 1 is 1.17 bits per heavy atom. The lowest BCUT2D eigenvalue weighted by molar-refractivity contribution is -0.0625. The summed E-state index contributed by atoms with van der Waals surface area (Å²) in [5, 5.41) is 0. The molecule has 4 nitrogen and oxygen atoms in total. The third kappa shape index (κ3) is 3.69. The molecule has 1 aromatic rings. The monoisotopic (exact) mass is 319 g/mol.